The van der Waals surface area contributed by atoms with Crippen molar-refractivity contribution in [1.82, 2.24) is 4.98 Å². The van der Waals surface area contributed by atoms with Crippen LogP contribution in [0.2, 0.25) is 0 Å². The molecule has 0 atom stereocenters. The van der Waals surface area contributed by atoms with E-state index in [2.05, 4.69) is 24.9 Å². The molecule has 0 aliphatic rings. The predicted octanol–water partition coefficient (Wildman–Crippen LogP) is 2.94. The van der Waals surface area contributed by atoms with Crippen LogP contribution in [0.3, 0.4) is 0 Å². The van der Waals surface area contributed by atoms with Crippen molar-refractivity contribution >= 4 is 16.5 Å². The number of pyridine rings is 1. The number of hydrogen-bond acceptors (Lipinski definition) is 2. The molecule has 1 aromatic carbocycles. The summed E-state index contributed by atoms with van der Waals surface area (Å²) in [6.45, 7) is 4.37. The predicted molar refractivity (Wildman–Crippen MR) is 60.2 cm³/mol. The first kappa shape index (κ1) is 9.00. The van der Waals surface area contributed by atoms with E-state index in [0.29, 0.717) is 5.92 Å². The number of nitrogens with zero attached hydrogens (tertiary/aromatic N) is 1. The monoisotopic (exact) mass is 186 g/mol. The van der Waals surface area contributed by atoms with E-state index in [0.717, 1.165) is 11.1 Å². The second kappa shape index (κ2) is 3.29. The van der Waals surface area contributed by atoms with Crippen LogP contribution in [0.15, 0.2) is 30.6 Å². The zero-order valence-electron chi connectivity index (χ0n) is 8.49. The average molecular weight is 186 g/mol. The summed E-state index contributed by atoms with van der Waals surface area (Å²) in [6.07, 6.45) is 3.64. The van der Waals surface area contributed by atoms with Crippen molar-refractivity contribution in [3.63, 3.8) is 0 Å². The van der Waals surface area contributed by atoms with E-state index in [1.165, 1.54) is 10.9 Å². The highest BCUT2D eigenvalue weighted by Gasteiger charge is 2.06. The van der Waals surface area contributed by atoms with Crippen molar-refractivity contribution in [2.45, 2.75) is 19.8 Å². The van der Waals surface area contributed by atoms with Gasteiger partial charge in [-0.25, -0.2) is 0 Å². The highest BCUT2D eigenvalue weighted by Crippen LogP contribution is 2.28. The lowest BCUT2D eigenvalue weighted by Gasteiger charge is -2.10. The fourth-order valence-corrected chi connectivity index (χ4v) is 1.74. The number of anilines is 1. The Morgan fingerprint density at radius 3 is 2.64 bits per heavy atom. The number of aromatic nitrogens is 1. The molecule has 0 bridgehead atoms. The van der Waals surface area contributed by atoms with Gasteiger partial charge in [0.2, 0.25) is 0 Å². The minimum Gasteiger partial charge on any atom is -0.398 e. The molecular weight excluding hydrogens is 172 g/mol. The van der Waals surface area contributed by atoms with E-state index >= 15 is 0 Å². The summed E-state index contributed by atoms with van der Waals surface area (Å²) in [5.74, 6) is 0.514. The molecule has 2 N–H and O–H groups in total. The maximum Gasteiger partial charge on any atom is 0.0409 e. The summed E-state index contributed by atoms with van der Waals surface area (Å²) < 4.78 is 0. The third-order valence-electron chi connectivity index (χ3n) is 2.51. The van der Waals surface area contributed by atoms with Gasteiger partial charge in [0.25, 0.3) is 0 Å². The first-order chi connectivity index (χ1) is 6.70. The van der Waals surface area contributed by atoms with Crippen LogP contribution in [0.5, 0.6) is 0 Å². The summed E-state index contributed by atoms with van der Waals surface area (Å²) in [4.78, 5) is 4.09. The molecule has 1 heterocycles. The van der Waals surface area contributed by atoms with Crippen LogP contribution in [0, 0.1) is 0 Å². The van der Waals surface area contributed by atoms with Crippen molar-refractivity contribution in [3.05, 3.63) is 36.2 Å². The van der Waals surface area contributed by atoms with Gasteiger partial charge >= 0.3 is 0 Å². The second-order valence-electron chi connectivity index (χ2n) is 3.82. The SMILES string of the molecule is CC(C)c1ccc(N)c2cnccc12. The fourth-order valence-electron chi connectivity index (χ4n) is 1.74. The summed E-state index contributed by atoms with van der Waals surface area (Å²) in [5.41, 5.74) is 8.02. The van der Waals surface area contributed by atoms with Crippen LogP contribution in [0.1, 0.15) is 25.3 Å². The first-order valence-electron chi connectivity index (χ1n) is 4.82. The Morgan fingerprint density at radius 2 is 1.93 bits per heavy atom. The number of fused-ring (bicyclic) bond motifs is 1. The third-order valence-corrected chi connectivity index (χ3v) is 2.51. The lowest BCUT2D eigenvalue weighted by Crippen LogP contribution is -1.93. The Bertz CT molecular complexity index is 461. The Morgan fingerprint density at radius 1 is 1.14 bits per heavy atom. The van der Waals surface area contributed by atoms with E-state index in [-0.39, 0.29) is 0 Å². The van der Waals surface area contributed by atoms with E-state index in [9.17, 15) is 0 Å². The number of rotatable bonds is 1. The Labute approximate surface area is 83.8 Å². The summed E-state index contributed by atoms with van der Waals surface area (Å²) >= 11 is 0. The molecule has 14 heavy (non-hydrogen) atoms. The van der Waals surface area contributed by atoms with Crippen LogP contribution >= 0.6 is 0 Å². The van der Waals surface area contributed by atoms with Gasteiger partial charge in [-0.3, -0.25) is 4.98 Å². The molecule has 0 saturated carbocycles. The molecule has 0 spiro atoms. The van der Waals surface area contributed by atoms with Crippen LogP contribution in [-0.2, 0) is 0 Å². The van der Waals surface area contributed by atoms with Gasteiger partial charge in [0.1, 0.15) is 0 Å². The van der Waals surface area contributed by atoms with Gasteiger partial charge in [0, 0.05) is 23.5 Å². The van der Waals surface area contributed by atoms with Gasteiger partial charge in [-0.15, -0.1) is 0 Å². The molecule has 2 rings (SSSR count). The van der Waals surface area contributed by atoms with E-state index in [1.807, 2.05) is 24.5 Å². The number of nitrogens with two attached hydrogens (primary N) is 1. The van der Waals surface area contributed by atoms with Crippen molar-refractivity contribution in [2.75, 3.05) is 5.73 Å². The minimum atomic E-state index is 0.514. The normalized spacial score (nSPS) is 11.1. The van der Waals surface area contributed by atoms with Gasteiger partial charge in [-0.2, -0.15) is 0 Å². The lowest BCUT2D eigenvalue weighted by atomic mass is 9.96. The summed E-state index contributed by atoms with van der Waals surface area (Å²) in [7, 11) is 0. The van der Waals surface area contributed by atoms with Crippen molar-refractivity contribution in [3.8, 4) is 0 Å². The minimum absolute atomic E-state index is 0.514. The molecule has 0 saturated heterocycles. The number of nitrogen functional groups attached to an aromatic ring is 1. The van der Waals surface area contributed by atoms with Gasteiger partial charge in [-0.05, 0) is 29.0 Å². The molecule has 0 fully saturated rings. The quantitative estimate of drug-likeness (QED) is 0.695. The number of benzene rings is 1. The molecule has 2 nitrogen and oxygen atoms in total. The van der Waals surface area contributed by atoms with Crippen LogP contribution in [0.4, 0.5) is 5.69 Å². The molecule has 2 heteroatoms. The maximum atomic E-state index is 5.89. The van der Waals surface area contributed by atoms with Gasteiger partial charge in [0.15, 0.2) is 0 Å². The molecule has 0 aliphatic heterocycles. The highest BCUT2D eigenvalue weighted by molar-refractivity contribution is 5.94. The van der Waals surface area contributed by atoms with Crippen LogP contribution in [0.25, 0.3) is 10.8 Å². The molecule has 1 aromatic heterocycles. The van der Waals surface area contributed by atoms with Crippen LogP contribution < -0.4 is 5.73 Å². The first-order valence-corrected chi connectivity index (χ1v) is 4.82. The van der Waals surface area contributed by atoms with Gasteiger partial charge in [0.05, 0.1) is 0 Å². The molecule has 2 aromatic rings. The second-order valence-corrected chi connectivity index (χ2v) is 3.82. The fraction of sp³-hybridized carbons (Fsp3) is 0.250. The molecule has 72 valence electrons. The number of hydrogen-bond donors (Lipinski definition) is 1. The molecule has 0 unspecified atom stereocenters. The average Bonchev–Trinajstić information content (AvgIpc) is 2.18. The molecule has 0 aliphatic carbocycles. The summed E-state index contributed by atoms with van der Waals surface area (Å²) in [5, 5.41) is 2.27. The Kier molecular flexibility index (Phi) is 2.12. The van der Waals surface area contributed by atoms with E-state index in [1.54, 1.807) is 0 Å². The standard InChI is InChI=1S/C12H14N2/c1-8(2)9-3-4-12(13)11-7-14-6-5-10(9)11/h3-8H,13H2,1-2H3. The Hall–Kier alpha value is -1.57. The van der Waals surface area contributed by atoms with Crippen molar-refractivity contribution < 1.29 is 0 Å². The van der Waals surface area contributed by atoms with E-state index < -0.39 is 0 Å². The van der Waals surface area contributed by atoms with Crippen molar-refractivity contribution in [2.24, 2.45) is 0 Å². The van der Waals surface area contributed by atoms with Crippen LogP contribution in [-0.4, -0.2) is 4.98 Å². The van der Waals surface area contributed by atoms with Gasteiger partial charge < -0.3 is 5.73 Å². The smallest absolute Gasteiger partial charge is 0.0409 e. The molecular formula is C12H14N2. The summed E-state index contributed by atoms with van der Waals surface area (Å²) in [6, 6.07) is 6.09. The zero-order valence-corrected chi connectivity index (χ0v) is 8.49. The van der Waals surface area contributed by atoms with E-state index in [4.69, 9.17) is 5.73 Å². The van der Waals surface area contributed by atoms with Crippen molar-refractivity contribution in [1.29, 1.82) is 0 Å². The lowest BCUT2D eigenvalue weighted by molar-refractivity contribution is 0.876. The topological polar surface area (TPSA) is 38.9 Å². The van der Waals surface area contributed by atoms with Gasteiger partial charge in [-0.1, -0.05) is 19.9 Å². The molecule has 0 radical (unpaired) electrons. The highest BCUT2D eigenvalue weighted by atomic mass is 14.6. The molecule has 0 amide bonds. The zero-order chi connectivity index (χ0) is 10.1. The Balaban J connectivity index is 2.82. The third kappa shape index (κ3) is 1.33. The maximum absolute atomic E-state index is 5.89. The largest absolute Gasteiger partial charge is 0.398 e.